The highest BCUT2D eigenvalue weighted by Crippen LogP contribution is 2.07. The van der Waals surface area contributed by atoms with Crippen molar-refractivity contribution < 1.29 is 14.3 Å². The molecule has 0 aromatic heterocycles. The van der Waals surface area contributed by atoms with Gasteiger partial charge < -0.3 is 15.2 Å². The average Bonchev–Trinajstić information content (AvgIpc) is 1.97. The summed E-state index contributed by atoms with van der Waals surface area (Å²) >= 11 is 0. The molecule has 0 bridgehead atoms. The number of hydrogen-bond acceptors (Lipinski definition) is 4. The second-order valence-electron chi connectivity index (χ2n) is 3.02. The molecular weight excluding hydrogens is 158 g/mol. The van der Waals surface area contributed by atoms with Gasteiger partial charge in [0.1, 0.15) is 6.10 Å². The molecule has 4 nitrogen and oxygen atoms in total. The Balaban J connectivity index is 2.10. The lowest BCUT2D eigenvalue weighted by molar-refractivity contribution is -0.172. The van der Waals surface area contributed by atoms with Crippen molar-refractivity contribution >= 4 is 5.97 Å². The summed E-state index contributed by atoms with van der Waals surface area (Å²) in [5, 5.41) is 0. The first-order chi connectivity index (χ1) is 5.72. The van der Waals surface area contributed by atoms with Crippen molar-refractivity contribution in [3.05, 3.63) is 0 Å². The van der Waals surface area contributed by atoms with E-state index in [4.69, 9.17) is 15.2 Å². The van der Waals surface area contributed by atoms with Gasteiger partial charge in [-0.3, -0.25) is 4.79 Å². The maximum absolute atomic E-state index is 11.1. The molecule has 1 unspecified atom stereocenters. The molecule has 0 saturated carbocycles. The van der Waals surface area contributed by atoms with Crippen molar-refractivity contribution in [2.24, 2.45) is 5.73 Å². The molecule has 1 saturated heterocycles. The van der Waals surface area contributed by atoms with Gasteiger partial charge in [0, 0.05) is 6.04 Å². The molecule has 70 valence electrons. The average molecular weight is 173 g/mol. The van der Waals surface area contributed by atoms with Gasteiger partial charge in [-0.2, -0.15) is 0 Å². The molecule has 0 amide bonds. The topological polar surface area (TPSA) is 61.6 Å². The number of esters is 1. The number of ether oxygens (including phenoxy) is 2. The quantitative estimate of drug-likeness (QED) is 0.610. The van der Waals surface area contributed by atoms with E-state index in [2.05, 4.69) is 0 Å². The van der Waals surface area contributed by atoms with Gasteiger partial charge in [0.2, 0.25) is 0 Å². The van der Waals surface area contributed by atoms with Gasteiger partial charge in [0.25, 0.3) is 0 Å². The standard InChI is InChI=1S/C8H15NO3/c1-2-6(9)3-8(10)12-7-4-11-5-7/h6-7H,2-5,9H2,1H3. The van der Waals surface area contributed by atoms with E-state index in [1.807, 2.05) is 6.92 Å². The molecule has 0 aliphatic carbocycles. The van der Waals surface area contributed by atoms with Gasteiger partial charge in [-0.25, -0.2) is 0 Å². The van der Waals surface area contributed by atoms with E-state index >= 15 is 0 Å². The summed E-state index contributed by atoms with van der Waals surface area (Å²) in [6.45, 7) is 3.02. The van der Waals surface area contributed by atoms with Crippen LogP contribution in [0.2, 0.25) is 0 Å². The Hall–Kier alpha value is -0.610. The van der Waals surface area contributed by atoms with Crippen LogP contribution in [0, 0.1) is 0 Å². The van der Waals surface area contributed by atoms with Gasteiger partial charge in [0.15, 0.2) is 0 Å². The molecule has 1 atom stereocenters. The SMILES string of the molecule is CCC(N)CC(=O)OC1COC1. The molecule has 0 aromatic carbocycles. The lowest BCUT2D eigenvalue weighted by atomic mass is 10.2. The summed E-state index contributed by atoms with van der Waals surface area (Å²) in [5.41, 5.74) is 5.58. The third-order valence-corrected chi connectivity index (χ3v) is 1.86. The molecule has 0 spiro atoms. The van der Waals surface area contributed by atoms with Crippen molar-refractivity contribution in [3.8, 4) is 0 Å². The Morgan fingerprint density at radius 1 is 1.75 bits per heavy atom. The summed E-state index contributed by atoms with van der Waals surface area (Å²) < 4.78 is 9.87. The monoisotopic (exact) mass is 173 g/mol. The lowest BCUT2D eigenvalue weighted by Gasteiger charge is -2.26. The van der Waals surface area contributed by atoms with Crippen LogP contribution in [0.1, 0.15) is 19.8 Å². The zero-order valence-corrected chi connectivity index (χ0v) is 7.29. The number of nitrogens with two attached hydrogens (primary N) is 1. The first-order valence-electron chi connectivity index (χ1n) is 4.25. The minimum absolute atomic E-state index is 0.0263. The van der Waals surface area contributed by atoms with Crippen molar-refractivity contribution in [1.29, 1.82) is 0 Å². The second-order valence-corrected chi connectivity index (χ2v) is 3.02. The van der Waals surface area contributed by atoms with E-state index in [1.165, 1.54) is 0 Å². The molecule has 0 radical (unpaired) electrons. The Kier molecular flexibility index (Phi) is 3.49. The van der Waals surface area contributed by atoms with Crippen LogP contribution in [-0.4, -0.2) is 31.3 Å². The fourth-order valence-corrected chi connectivity index (χ4v) is 0.875. The Morgan fingerprint density at radius 3 is 2.83 bits per heavy atom. The number of carbonyl (C=O) groups excluding carboxylic acids is 1. The summed E-state index contributed by atoms with van der Waals surface area (Å²) in [6, 6.07) is -0.0708. The highest BCUT2D eigenvalue weighted by molar-refractivity contribution is 5.70. The fraction of sp³-hybridized carbons (Fsp3) is 0.875. The largest absolute Gasteiger partial charge is 0.457 e. The van der Waals surface area contributed by atoms with Gasteiger partial charge in [0.05, 0.1) is 19.6 Å². The van der Waals surface area contributed by atoms with E-state index in [0.29, 0.717) is 19.6 Å². The van der Waals surface area contributed by atoms with E-state index in [0.717, 1.165) is 6.42 Å². The van der Waals surface area contributed by atoms with E-state index in [1.54, 1.807) is 0 Å². The molecular formula is C8H15NO3. The summed E-state index contributed by atoms with van der Waals surface area (Å²) in [7, 11) is 0. The van der Waals surface area contributed by atoms with E-state index in [9.17, 15) is 4.79 Å². The van der Waals surface area contributed by atoms with Gasteiger partial charge in [-0.15, -0.1) is 0 Å². The maximum Gasteiger partial charge on any atom is 0.307 e. The first-order valence-corrected chi connectivity index (χ1v) is 4.25. The van der Waals surface area contributed by atoms with E-state index < -0.39 is 0 Å². The molecule has 4 heteroatoms. The number of rotatable bonds is 4. The lowest BCUT2D eigenvalue weighted by Crippen LogP contribution is -2.39. The van der Waals surface area contributed by atoms with Gasteiger partial charge >= 0.3 is 5.97 Å². The zero-order valence-electron chi connectivity index (χ0n) is 7.29. The molecule has 1 rings (SSSR count). The van der Waals surface area contributed by atoms with Crippen LogP contribution in [-0.2, 0) is 14.3 Å². The molecule has 0 aromatic rings. The van der Waals surface area contributed by atoms with Crippen LogP contribution in [0.5, 0.6) is 0 Å². The first kappa shape index (κ1) is 9.48. The summed E-state index contributed by atoms with van der Waals surface area (Å²) in [5.74, 6) is -0.211. The van der Waals surface area contributed by atoms with Crippen molar-refractivity contribution in [1.82, 2.24) is 0 Å². The third-order valence-electron chi connectivity index (χ3n) is 1.86. The summed E-state index contributed by atoms with van der Waals surface area (Å²) in [4.78, 5) is 11.1. The Bertz CT molecular complexity index is 148. The smallest absolute Gasteiger partial charge is 0.307 e. The van der Waals surface area contributed by atoms with E-state index in [-0.39, 0.29) is 18.1 Å². The van der Waals surface area contributed by atoms with Crippen LogP contribution in [0.3, 0.4) is 0 Å². The van der Waals surface area contributed by atoms with Crippen LogP contribution in [0.4, 0.5) is 0 Å². The molecule has 12 heavy (non-hydrogen) atoms. The minimum Gasteiger partial charge on any atom is -0.457 e. The number of carbonyl (C=O) groups is 1. The second kappa shape index (κ2) is 4.42. The van der Waals surface area contributed by atoms with Crippen LogP contribution >= 0.6 is 0 Å². The van der Waals surface area contributed by atoms with Crippen molar-refractivity contribution in [2.45, 2.75) is 31.9 Å². The Labute approximate surface area is 72.0 Å². The van der Waals surface area contributed by atoms with Gasteiger partial charge in [-0.05, 0) is 6.42 Å². The third kappa shape index (κ3) is 2.79. The predicted molar refractivity (Wildman–Crippen MR) is 43.6 cm³/mol. The highest BCUT2D eigenvalue weighted by atomic mass is 16.6. The molecule has 1 heterocycles. The maximum atomic E-state index is 11.1. The normalized spacial score (nSPS) is 19.8. The number of hydrogen-bond donors (Lipinski definition) is 1. The van der Waals surface area contributed by atoms with Gasteiger partial charge in [-0.1, -0.05) is 6.92 Å². The molecule has 1 aliphatic heterocycles. The molecule has 2 N–H and O–H groups in total. The Morgan fingerprint density at radius 2 is 2.42 bits per heavy atom. The zero-order chi connectivity index (χ0) is 8.97. The molecule has 1 aliphatic rings. The van der Waals surface area contributed by atoms with Crippen LogP contribution in [0.25, 0.3) is 0 Å². The van der Waals surface area contributed by atoms with Crippen LogP contribution in [0.15, 0.2) is 0 Å². The fourth-order valence-electron chi connectivity index (χ4n) is 0.875. The highest BCUT2D eigenvalue weighted by Gasteiger charge is 2.23. The summed E-state index contributed by atoms with van der Waals surface area (Å²) in [6.07, 6.45) is 1.09. The van der Waals surface area contributed by atoms with Crippen molar-refractivity contribution in [3.63, 3.8) is 0 Å². The van der Waals surface area contributed by atoms with Crippen LogP contribution < -0.4 is 5.73 Å². The minimum atomic E-state index is -0.211. The van der Waals surface area contributed by atoms with Crippen molar-refractivity contribution in [2.75, 3.05) is 13.2 Å². The molecule has 1 fully saturated rings. The predicted octanol–water partition coefficient (Wildman–Crippen LogP) is 0.0558.